The molecular weight excluding hydrogens is 544 g/mol. The van der Waals surface area contributed by atoms with Crippen molar-refractivity contribution >= 4 is 22.8 Å². The Morgan fingerprint density at radius 2 is 0.976 bits per heavy atom. The minimum absolute atomic E-state index is 0.103. The maximum atomic E-state index is 12.8. The molecule has 0 heterocycles. The summed E-state index contributed by atoms with van der Waals surface area (Å²) in [7, 11) is 0. The topological polar surface area (TPSA) is 83.8 Å². The van der Waals surface area contributed by atoms with Crippen LogP contribution in [0.4, 0.5) is 0 Å². The number of benzene rings is 2. The van der Waals surface area contributed by atoms with Gasteiger partial charge in [-0.3, -0.25) is 9.59 Å². The second-order valence-electron chi connectivity index (χ2n) is 15.5. The highest BCUT2D eigenvalue weighted by molar-refractivity contribution is 8.14. The summed E-state index contributed by atoms with van der Waals surface area (Å²) < 4.78 is 5.47. The Morgan fingerprint density at radius 1 is 0.667 bits per heavy atom. The Morgan fingerprint density at radius 3 is 1.29 bits per heavy atom. The van der Waals surface area contributed by atoms with E-state index in [-0.39, 0.29) is 39.6 Å². The van der Waals surface area contributed by atoms with E-state index < -0.39 is 11.4 Å². The molecule has 2 aromatic carbocycles. The molecule has 0 fully saturated rings. The smallest absolute Gasteiger partial charge is 0.307 e. The maximum Gasteiger partial charge on any atom is 0.307 e. The zero-order valence-corrected chi connectivity index (χ0v) is 28.8. The summed E-state index contributed by atoms with van der Waals surface area (Å²) in [5, 5.41) is 21.8. The van der Waals surface area contributed by atoms with Crippen molar-refractivity contribution in [2.75, 3.05) is 0 Å². The molecule has 5 nitrogen and oxygen atoms in total. The predicted octanol–water partition coefficient (Wildman–Crippen LogP) is 8.82. The zero-order chi connectivity index (χ0) is 32.4. The van der Waals surface area contributed by atoms with Crippen molar-refractivity contribution in [3.63, 3.8) is 0 Å². The van der Waals surface area contributed by atoms with Gasteiger partial charge in [0.15, 0.2) is 10.6 Å². The molecule has 0 aromatic heterocycles. The van der Waals surface area contributed by atoms with Crippen molar-refractivity contribution in [2.45, 2.75) is 136 Å². The van der Waals surface area contributed by atoms with Crippen molar-refractivity contribution < 1.29 is 24.5 Å². The fraction of sp³-hybridized carbons (Fsp3) is 0.583. The standard InChI is InChI=1S/C36H53O5S/c1-22(41-29(37)16-14-23-18-25(33(2,3)4)31(39)26(19-23)34(5,6)7)42-30(38)17-15-24-20-27(35(8,9)10)32(40)28(21-24)36(11,12)13/h18-22,39-40H,1,14-17H2,2-13H3. The third-order valence-corrected chi connectivity index (χ3v) is 8.16. The second-order valence-corrected chi connectivity index (χ2v) is 16.7. The largest absolute Gasteiger partial charge is 0.507 e. The minimum Gasteiger partial charge on any atom is -0.507 e. The molecule has 2 rings (SSSR count). The molecule has 1 unspecified atom stereocenters. The number of rotatable bonds is 8. The molecule has 0 spiro atoms. The van der Waals surface area contributed by atoms with Gasteiger partial charge in [0.25, 0.3) is 0 Å². The highest BCUT2D eigenvalue weighted by atomic mass is 32.2. The van der Waals surface area contributed by atoms with Crippen molar-refractivity contribution in [3.8, 4) is 11.5 Å². The maximum absolute atomic E-state index is 12.8. The van der Waals surface area contributed by atoms with Gasteiger partial charge in [-0.2, -0.15) is 0 Å². The highest BCUT2D eigenvalue weighted by Crippen LogP contribution is 2.41. The molecule has 0 saturated carbocycles. The summed E-state index contributed by atoms with van der Waals surface area (Å²) in [6.07, 6.45) is 1.40. The van der Waals surface area contributed by atoms with Crippen molar-refractivity contribution in [2.24, 2.45) is 0 Å². The molecule has 1 radical (unpaired) electrons. The van der Waals surface area contributed by atoms with E-state index in [2.05, 4.69) is 90.0 Å². The Bertz CT molecular complexity index is 1110. The molecule has 2 N–H and O–H groups in total. The Balaban J connectivity index is 2.03. The van der Waals surface area contributed by atoms with Crippen molar-refractivity contribution in [1.29, 1.82) is 0 Å². The molecular formula is C36H53O5S. The van der Waals surface area contributed by atoms with Crippen LogP contribution >= 0.6 is 11.8 Å². The van der Waals surface area contributed by atoms with Gasteiger partial charge in [0.05, 0.1) is 0 Å². The van der Waals surface area contributed by atoms with Crippen molar-refractivity contribution in [3.05, 3.63) is 64.6 Å². The first kappa shape index (κ1) is 35.7. The van der Waals surface area contributed by atoms with E-state index in [9.17, 15) is 19.8 Å². The van der Waals surface area contributed by atoms with E-state index in [4.69, 9.17) is 4.74 Å². The van der Waals surface area contributed by atoms with Crippen LogP contribution < -0.4 is 0 Å². The number of hydrogen-bond acceptors (Lipinski definition) is 6. The summed E-state index contributed by atoms with van der Waals surface area (Å²) in [5.41, 5.74) is 3.57. The van der Waals surface area contributed by atoms with E-state index in [0.717, 1.165) is 45.1 Å². The quantitative estimate of drug-likeness (QED) is 0.234. The van der Waals surface area contributed by atoms with Crippen LogP contribution in [-0.4, -0.2) is 26.7 Å². The van der Waals surface area contributed by atoms with E-state index in [1.54, 1.807) is 0 Å². The van der Waals surface area contributed by atoms with Crippen LogP contribution in [0.15, 0.2) is 24.3 Å². The lowest BCUT2D eigenvalue weighted by molar-refractivity contribution is -0.143. The number of esters is 1. The highest BCUT2D eigenvalue weighted by Gasteiger charge is 2.28. The Hall–Kier alpha value is -2.47. The molecule has 2 aromatic rings. The fourth-order valence-electron chi connectivity index (χ4n) is 4.89. The summed E-state index contributed by atoms with van der Waals surface area (Å²) in [6.45, 7) is 28.6. The molecule has 0 amide bonds. The Kier molecular flexibility index (Phi) is 11.1. The molecule has 0 bridgehead atoms. The number of phenolic OH excluding ortho intramolecular Hbond substituents is 2. The summed E-state index contributed by atoms with van der Waals surface area (Å²) >= 11 is 0.930. The molecule has 0 aliphatic rings. The van der Waals surface area contributed by atoms with Crippen LogP contribution in [0.3, 0.4) is 0 Å². The first-order valence-electron chi connectivity index (χ1n) is 14.9. The number of aryl methyl sites for hydroxylation is 2. The van der Waals surface area contributed by atoms with Crippen LogP contribution in [0.2, 0.25) is 0 Å². The van der Waals surface area contributed by atoms with Gasteiger partial charge >= 0.3 is 5.97 Å². The lowest BCUT2D eigenvalue weighted by atomic mass is 9.78. The van der Waals surface area contributed by atoms with Gasteiger partial charge in [-0.05, 0) is 86.6 Å². The first-order chi connectivity index (χ1) is 18.9. The van der Waals surface area contributed by atoms with E-state index >= 15 is 0 Å². The van der Waals surface area contributed by atoms with Gasteiger partial charge < -0.3 is 14.9 Å². The van der Waals surface area contributed by atoms with Gasteiger partial charge in [-0.1, -0.05) is 107 Å². The summed E-state index contributed by atoms with van der Waals surface area (Å²) in [6, 6.07) is 7.92. The molecule has 42 heavy (non-hydrogen) atoms. The third kappa shape index (κ3) is 9.79. The average molecular weight is 598 g/mol. The third-order valence-electron chi connectivity index (χ3n) is 7.33. The predicted molar refractivity (Wildman–Crippen MR) is 175 cm³/mol. The summed E-state index contributed by atoms with van der Waals surface area (Å²) in [4.78, 5) is 25.4. The van der Waals surface area contributed by atoms with Crippen LogP contribution in [0.5, 0.6) is 11.5 Å². The van der Waals surface area contributed by atoms with Gasteiger partial charge in [-0.15, -0.1) is 0 Å². The molecule has 0 aliphatic heterocycles. The minimum atomic E-state index is -0.838. The SMILES string of the molecule is [CH2]C(OC(=O)CCc1cc(C(C)(C)C)c(O)c(C(C)(C)C)c1)SC(=O)CCc1cc(C(C)(C)C)c(O)c(C(C)(C)C)c1. The van der Waals surface area contributed by atoms with Gasteiger partial charge in [0, 0.05) is 12.8 Å². The van der Waals surface area contributed by atoms with Crippen LogP contribution in [-0.2, 0) is 48.8 Å². The van der Waals surface area contributed by atoms with E-state index in [0.29, 0.717) is 24.3 Å². The number of hydrogen-bond donors (Lipinski definition) is 2. The Labute approximate surface area is 258 Å². The first-order valence-corrected chi connectivity index (χ1v) is 15.7. The monoisotopic (exact) mass is 597 g/mol. The van der Waals surface area contributed by atoms with Crippen LogP contribution in [0.1, 0.15) is 129 Å². The number of phenols is 2. The van der Waals surface area contributed by atoms with Crippen molar-refractivity contribution in [1.82, 2.24) is 0 Å². The number of aromatic hydroxyl groups is 2. The number of thioether (sulfide) groups is 1. The van der Waals surface area contributed by atoms with Gasteiger partial charge in [0.1, 0.15) is 11.5 Å². The molecule has 1 atom stereocenters. The van der Waals surface area contributed by atoms with E-state index in [1.165, 1.54) is 0 Å². The van der Waals surface area contributed by atoms with E-state index in [1.807, 2.05) is 24.3 Å². The summed E-state index contributed by atoms with van der Waals surface area (Å²) in [5.74, 6) is 0.215. The number of ether oxygens (including phenoxy) is 1. The molecule has 0 saturated heterocycles. The molecule has 233 valence electrons. The van der Waals surface area contributed by atoms with Gasteiger partial charge in [-0.25, -0.2) is 0 Å². The second kappa shape index (κ2) is 13.0. The number of carbonyl (C=O) groups excluding carboxylic acids is 2. The lowest BCUT2D eigenvalue weighted by Gasteiger charge is -2.28. The van der Waals surface area contributed by atoms with Crippen LogP contribution in [0.25, 0.3) is 0 Å². The number of carbonyl (C=O) groups is 2. The normalized spacial score (nSPS) is 13.6. The molecule has 6 heteroatoms. The molecule has 0 aliphatic carbocycles. The van der Waals surface area contributed by atoms with Gasteiger partial charge in [0.2, 0.25) is 0 Å². The fourth-order valence-corrected chi connectivity index (χ4v) is 5.56. The van der Waals surface area contributed by atoms with Crippen LogP contribution in [0, 0.1) is 6.92 Å². The average Bonchev–Trinajstić information content (AvgIpc) is 2.79. The lowest BCUT2D eigenvalue weighted by Crippen LogP contribution is -2.18. The zero-order valence-electron chi connectivity index (χ0n) is 27.9.